The van der Waals surface area contributed by atoms with Crippen molar-refractivity contribution in [1.82, 2.24) is 5.32 Å². The van der Waals surface area contributed by atoms with Crippen LogP contribution in [-0.2, 0) is 14.3 Å². The molecule has 21 heavy (non-hydrogen) atoms. The largest absolute Gasteiger partial charge is 0.481 e. The summed E-state index contributed by atoms with van der Waals surface area (Å²) in [6.07, 6.45) is 0.911. The molecule has 1 saturated carbocycles. The second kappa shape index (κ2) is 6.91. The summed E-state index contributed by atoms with van der Waals surface area (Å²) in [5.74, 6) is -2.10. The molecule has 1 aliphatic carbocycles. The maximum absolute atomic E-state index is 12.0. The van der Waals surface area contributed by atoms with E-state index in [0.29, 0.717) is 24.4 Å². The van der Waals surface area contributed by atoms with E-state index in [1.807, 2.05) is 12.1 Å². The highest BCUT2D eigenvalue weighted by atomic mass is 35.5. The highest BCUT2D eigenvalue weighted by Gasteiger charge is 2.41. The molecule has 1 fully saturated rings. The van der Waals surface area contributed by atoms with E-state index in [-0.39, 0.29) is 12.0 Å². The third kappa shape index (κ3) is 3.74. The Morgan fingerprint density at radius 2 is 1.95 bits per heavy atom. The molecule has 3 atom stereocenters. The minimum absolute atomic E-state index is 0.218. The molecule has 0 spiro atoms. The van der Waals surface area contributed by atoms with Gasteiger partial charge in [0.2, 0.25) is 5.91 Å². The summed E-state index contributed by atoms with van der Waals surface area (Å²) in [6.45, 7) is 0.305. The van der Waals surface area contributed by atoms with E-state index in [1.54, 1.807) is 19.2 Å². The van der Waals surface area contributed by atoms with Crippen molar-refractivity contribution in [2.75, 3.05) is 13.7 Å². The Hall–Kier alpha value is -1.59. The van der Waals surface area contributed by atoms with Crippen LogP contribution in [-0.4, -0.2) is 30.6 Å². The number of ether oxygens (including phenoxy) is 1. The smallest absolute Gasteiger partial charge is 0.307 e. The van der Waals surface area contributed by atoms with E-state index in [9.17, 15) is 9.59 Å². The Balaban J connectivity index is 1.90. The summed E-state index contributed by atoms with van der Waals surface area (Å²) in [6, 6.07) is 7.20. The van der Waals surface area contributed by atoms with Gasteiger partial charge < -0.3 is 15.2 Å². The third-order valence-electron chi connectivity index (χ3n) is 3.92. The van der Waals surface area contributed by atoms with Crippen molar-refractivity contribution < 1.29 is 19.4 Å². The molecule has 0 heterocycles. The first-order valence-corrected chi connectivity index (χ1v) is 7.19. The summed E-state index contributed by atoms with van der Waals surface area (Å²) in [5, 5.41) is 12.4. The molecule has 3 unspecified atom stereocenters. The van der Waals surface area contributed by atoms with Gasteiger partial charge in [-0.05, 0) is 30.5 Å². The predicted octanol–water partition coefficient (Wildman–Crippen LogP) is 2.25. The van der Waals surface area contributed by atoms with Gasteiger partial charge in [0, 0.05) is 18.7 Å². The summed E-state index contributed by atoms with van der Waals surface area (Å²) in [5.41, 5.74) is 0.908. The molecule has 0 aliphatic heterocycles. The van der Waals surface area contributed by atoms with Crippen molar-refractivity contribution in [1.29, 1.82) is 0 Å². The number of aliphatic carboxylic acids is 1. The Kier molecular flexibility index (Phi) is 5.20. The fraction of sp³-hybridized carbons (Fsp3) is 0.467. The predicted molar refractivity (Wildman–Crippen MR) is 78.1 cm³/mol. The lowest BCUT2D eigenvalue weighted by molar-refractivity contribution is -0.152. The molecule has 1 aromatic rings. The van der Waals surface area contributed by atoms with Crippen LogP contribution in [0, 0.1) is 11.8 Å². The van der Waals surface area contributed by atoms with Gasteiger partial charge in [0.05, 0.1) is 17.9 Å². The number of amides is 1. The Labute approximate surface area is 128 Å². The molecule has 0 aromatic heterocycles. The number of halogens is 1. The molecule has 1 aromatic carbocycles. The quantitative estimate of drug-likeness (QED) is 0.845. The number of carbonyl (C=O) groups excluding carboxylic acids is 1. The Morgan fingerprint density at radius 1 is 1.33 bits per heavy atom. The zero-order valence-corrected chi connectivity index (χ0v) is 12.5. The van der Waals surface area contributed by atoms with Gasteiger partial charge in [0.15, 0.2) is 0 Å². The van der Waals surface area contributed by atoms with E-state index in [2.05, 4.69) is 5.32 Å². The van der Waals surface area contributed by atoms with Crippen molar-refractivity contribution in [2.24, 2.45) is 11.8 Å². The molecular weight excluding hydrogens is 294 g/mol. The number of rotatable bonds is 6. The fourth-order valence-electron chi connectivity index (χ4n) is 2.45. The van der Waals surface area contributed by atoms with Crippen molar-refractivity contribution in [3.63, 3.8) is 0 Å². The zero-order valence-electron chi connectivity index (χ0n) is 11.7. The van der Waals surface area contributed by atoms with Crippen LogP contribution in [0.2, 0.25) is 5.02 Å². The number of carboxylic acid groups (broad SMARTS) is 1. The maximum Gasteiger partial charge on any atom is 0.307 e. The Morgan fingerprint density at radius 3 is 2.43 bits per heavy atom. The summed E-state index contributed by atoms with van der Waals surface area (Å²) < 4.78 is 5.36. The van der Waals surface area contributed by atoms with Crippen LogP contribution in [0.1, 0.15) is 24.5 Å². The van der Waals surface area contributed by atoms with E-state index in [4.69, 9.17) is 21.4 Å². The SMILES string of the molecule is COC(CNC(=O)C1CCC1C(=O)O)c1ccc(Cl)cc1. The molecule has 0 saturated heterocycles. The minimum Gasteiger partial charge on any atom is -0.481 e. The molecule has 5 nitrogen and oxygen atoms in total. The molecule has 1 aliphatic rings. The summed E-state index contributed by atoms with van der Waals surface area (Å²) in [7, 11) is 1.56. The second-order valence-corrected chi connectivity index (χ2v) is 5.59. The topological polar surface area (TPSA) is 75.6 Å². The number of benzene rings is 1. The first-order chi connectivity index (χ1) is 10.0. The summed E-state index contributed by atoms with van der Waals surface area (Å²) >= 11 is 5.83. The number of hydrogen-bond donors (Lipinski definition) is 2. The zero-order chi connectivity index (χ0) is 15.4. The molecule has 1 amide bonds. The van der Waals surface area contributed by atoms with Gasteiger partial charge in [-0.15, -0.1) is 0 Å². The average molecular weight is 312 g/mol. The van der Waals surface area contributed by atoms with Gasteiger partial charge >= 0.3 is 5.97 Å². The minimum atomic E-state index is -0.901. The lowest BCUT2D eigenvalue weighted by Crippen LogP contribution is -2.45. The van der Waals surface area contributed by atoms with Gasteiger partial charge in [0.1, 0.15) is 0 Å². The molecule has 114 valence electrons. The van der Waals surface area contributed by atoms with Crippen molar-refractivity contribution in [2.45, 2.75) is 18.9 Å². The molecule has 2 N–H and O–H groups in total. The second-order valence-electron chi connectivity index (χ2n) is 5.15. The maximum atomic E-state index is 12.0. The van der Waals surface area contributed by atoms with Gasteiger partial charge in [-0.1, -0.05) is 23.7 Å². The number of carboxylic acids is 1. The Bertz CT molecular complexity index is 517. The standard InChI is InChI=1S/C15H18ClNO4/c1-21-13(9-2-4-10(16)5-3-9)8-17-14(18)11-6-7-12(11)15(19)20/h2-5,11-13H,6-8H2,1H3,(H,17,18)(H,19,20). The number of methoxy groups -OCH3 is 1. The first-order valence-electron chi connectivity index (χ1n) is 6.81. The first kappa shape index (κ1) is 15.8. The van der Waals surface area contributed by atoms with Gasteiger partial charge in [-0.25, -0.2) is 0 Å². The fourth-order valence-corrected chi connectivity index (χ4v) is 2.57. The number of nitrogens with one attached hydrogen (secondary N) is 1. The van der Waals surface area contributed by atoms with Gasteiger partial charge in [-0.2, -0.15) is 0 Å². The van der Waals surface area contributed by atoms with Crippen LogP contribution in [0.4, 0.5) is 0 Å². The molecule has 2 rings (SSSR count). The van der Waals surface area contributed by atoms with E-state index in [1.165, 1.54) is 0 Å². The van der Waals surface area contributed by atoms with Crippen LogP contribution in [0.15, 0.2) is 24.3 Å². The van der Waals surface area contributed by atoms with Crippen molar-refractivity contribution >= 4 is 23.5 Å². The number of carbonyl (C=O) groups is 2. The van der Waals surface area contributed by atoms with Crippen LogP contribution < -0.4 is 5.32 Å². The molecular formula is C15H18ClNO4. The van der Waals surface area contributed by atoms with Crippen LogP contribution in [0.5, 0.6) is 0 Å². The van der Waals surface area contributed by atoms with Crippen molar-refractivity contribution in [3.8, 4) is 0 Å². The number of hydrogen-bond acceptors (Lipinski definition) is 3. The van der Waals surface area contributed by atoms with Crippen LogP contribution in [0.3, 0.4) is 0 Å². The van der Waals surface area contributed by atoms with E-state index in [0.717, 1.165) is 5.56 Å². The van der Waals surface area contributed by atoms with Gasteiger partial charge in [-0.3, -0.25) is 9.59 Å². The third-order valence-corrected chi connectivity index (χ3v) is 4.17. The normalized spacial score (nSPS) is 22.2. The molecule has 6 heteroatoms. The van der Waals surface area contributed by atoms with Crippen LogP contribution >= 0.6 is 11.6 Å². The lowest BCUT2D eigenvalue weighted by Gasteiger charge is -2.32. The van der Waals surface area contributed by atoms with Crippen molar-refractivity contribution in [3.05, 3.63) is 34.9 Å². The molecule has 0 radical (unpaired) electrons. The monoisotopic (exact) mass is 311 g/mol. The van der Waals surface area contributed by atoms with E-state index < -0.39 is 17.8 Å². The highest BCUT2D eigenvalue weighted by Crippen LogP contribution is 2.34. The highest BCUT2D eigenvalue weighted by molar-refractivity contribution is 6.30. The van der Waals surface area contributed by atoms with Crippen LogP contribution in [0.25, 0.3) is 0 Å². The van der Waals surface area contributed by atoms with E-state index >= 15 is 0 Å². The molecule has 0 bridgehead atoms. The van der Waals surface area contributed by atoms with Gasteiger partial charge in [0.25, 0.3) is 0 Å². The lowest BCUT2D eigenvalue weighted by atomic mass is 9.73. The average Bonchev–Trinajstić information content (AvgIpc) is 2.39. The summed E-state index contributed by atoms with van der Waals surface area (Å²) in [4.78, 5) is 22.9.